The zero-order valence-corrected chi connectivity index (χ0v) is 9.63. The molecule has 0 aliphatic heterocycles. The molecular weight excluding hydrogens is 243 g/mol. The van der Waals surface area contributed by atoms with Crippen molar-refractivity contribution in [2.24, 2.45) is 0 Å². The number of rotatable bonds is 0. The third-order valence-corrected chi connectivity index (χ3v) is 2.83. The monoisotopic (exact) mass is 248 g/mol. The number of aromatic nitrogens is 2. The fourth-order valence-corrected chi connectivity index (χ4v) is 1.95. The molecule has 4 heteroatoms. The van der Waals surface area contributed by atoms with Gasteiger partial charge < -0.3 is 0 Å². The third kappa shape index (κ3) is 1.60. The van der Waals surface area contributed by atoms with Crippen LogP contribution in [-0.4, -0.2) is 9.97 Å². The lowest BCUT2D eigenvalue weighted by Crippen LogP contribution is -1.86. The van der Waals surface area contributed by atoms with Gasteiger partial charge in [-0.2, -0.15) is 0 Å². The first-order valence-electron chi connectivity index (χ1n) is 4.75. The van der Waals surface area contributed by atoms with Gasteiger partial charge in [0, 0.05) is 10.0 Å². The van der Waals surface area contributed by atoms with Crippen molar-refractivity contribution in [2.45, 2.75) is 0 Å². The zero-order valence-electron chi connectivity index (χ0n) is 8.11. The van der Waals surface area contributed by atoms with E-state index in [0.717, 1.165) is 22.1 Å². The van der Waals surface area contributed by atoms with Crippen LogP contribution in [0.25, 0.3) is 22.1 Å². The van der Waals surface area contributed by atoms with Crippen molar-refractivity contribution in [3.05, 3.63) is 46.4 Å². The quantitative estimate of drug-likeness (QED) is 0.561. The lowest BCUT2D eigenvalue weighted by molar-refractivity contribution is 1.39. The highest BCUT2D eigenvalue weighted by molar-refractivity contribution is 6.31. The largest absolute Gasteiger partial charge is 0.245 e. The maximum atomic E-state index is 5.91. The molecule has 0 N–H and O–H groups in total. The van der Waals surface area contributed by atoms with Crippen LogP contribution in [0.4, 0.5) is 0 Å². The summed E-state index contributed by atoms with van der Waals surface area (Å²) in [6.45, 7) is 0. The maximum absolute atomic E-state index is 5.91. The summed E-state index contributed by atoms with van der Waals surface area (Å²) in [4.78, 5) is 8.95. The number of fused-ring (bicyclic) bond motifs is 2. The Morgan fingerprint density at radius 1 is 0.625 bits per heavy atom. The summed E-state index contributed by atoms with van der Waals surface area (Å²) in [5, 5.41) is 1.31. The van der Waals surface area contributed by atoms with Crippen molar-refractivity contribution in [2.75, 3.05) is 0 Å². The molecule has 0 aliphatic rings. The van der Waals surface area contributed by atoms with Crippen LogP contribution in [0.3, 0.4) is 0 Å². The molecule has 0 aliphatic carbocycles. The fraction of sp³-hybridized carbons (Fsp3) is 0. The van der Waals surface area contributed by atoms with E-state index in [1.54, 1.807) is 24.3 Å². The second-order valence-electron chi connectivity index (χ2n) is 3.49. The van der Waals surface area contributed by atoms with Gasteiger partial charge >= 0.3 is 0 Å². The minimum Gasteiger partial charge on any atom is -0.245 e. The van der Waals surface area contributed by atoms with E-state index in [4.69, 9.17) is 23.2 Å². The Labute approximate surface area is 102 Å². The number of hydrogen-bond acceptors (Lipinski definition) is 2. The topological polar surface area (TPSA) is 25.8 Å². The number of halogens is 2. The van der Waals surface area contributed by atoms with E-state index in [1.165, 1.54) is 0 Å². The lowest BCUT2D eigenvalue weighted by atomic mass is 10.2. The van der Waals surface area contributed by atoms with E-state index < -0.39 is 0 Å². The van der Waals surface area contributed by atoms with E-state index in [2.05, 4.69) is 9.97 Å². The Morgan fingerprint density at radius 2 is 1.06 bits per heavy atom. The Kier molecular flexibility index (Phi) is 2.20. The molecule has 3 rings (SSSR count). The predicted octanol–water partition coefficient (Wildman–Crippen LogP) is 4.09. The van der Waals surface area contributed by atoms with Crippen LogP contribution in [0.1, 0.15) is 0 Å². The summed E-state index contributed by atoms with van der Waals surface area (Å²) in [5.74, 6) is 0. The zero-order chi connectivity index (χ0) is 11.1. The first-order valence-corrected chi connectivity index (χ1v) is 5.50. The molecule has 0 bridgehead atoms. The van der Waals surface area contributed by atoms with Crippen molar-refractivity contribution >= 4 is 45.3 Å². The third-order valence-electron chi connectivity index (χ3n) is 2.36. The molecule has 0 atom stereocenters. The van der Waals surface area contributed by atoms with E-state index in [0.29, 0.717) is 10.0 Å². The van der Waals surface area contributed by atoms with Gasteiger partial charge in [-0.3, -0.25) is 0 Å². The first kappa shape index (κ1) is 9.82. The smallest absolute Gasteiger partial charge is 0.0909 e. The van der Waals surface area contributed by atoms with Crippen LogP contribution in [0.5, 0.6) is 0 Å². The van der Waals surface area contributed by atoms with E-state index in [1.807, 2.05) is 12.1 Å². The fourth-order valence-electron chi connectivity index (χ4n) is 1.62. The Bertz CT molecular complexity index is 638. The lowest BCUT2D eigenvalue weighted by Gasteiger charge is -2.01. The van der Waals surface area contributed by atoms with Crippen LogP contribution in [0.2, 0.25) is 10.0 Å². The predicted molar refractivity (Wildman–Crippen MR) is 67.1 cm³/mol. The van der Waals surface area contributed by atoms with Crippen molar-refractivity contribution in [1.82, 2.24) is 9.97 Å². The molecule has 1 aromatic heterocycles. The number of hydrogen-bond donors (Lipinski definition) is 0. The van der Waals surface area contributed by atoms with Gasteiger partial charge in [0.15, 0.2) is 0 Å². The van der Waals surface area contributed by atoms with Crippen LogP contribution in [0.15, 0.2) is 36.4 Å². The molecule has 0 unspecified atom stereocenters. The number of nitrogens with zero attached hydrogens (tertiary/aromatic N) is 2. The van der Waals surface area contributed by atoms with Crippen LogP contribution in [-0.2, 0) is 0 Å². The summed E-state index contributed by atoms with van der Waals surface area (Å²) >= 11 is 11.8. The molecule has 0 amide bonds. The molecule has 2 nitrogen and oxygen atoms in total. The highest BCUT2D eigenvalue weighted by Crippen LogP contribution is 2.21. The standard InChI is InChI=1S/C12H6Cl2N2/c13-7-1-3-9-11(5-7)16-12-6-8(14)2-4-10(12)15-9/h1-6H. The molecular formula is C12H6Cl2N2. The first-order chi connectivity index (χ1) is 7.72. The maximum Gasteiger partial charge on any atom is 0.0909 e. The van der Waals surface area contributed by atoms with Crippen LogP contribution < -0.4 is 0 Å². The van der Waals surface area contributed by atoms with Gasteiger partial charge in [0.05, 0.1) is 22.1 Å². The Hall–Kier alpha value is -1.38. The highest BCUT2D eigenvalue weighted by Gasteiger charge is 2.02. The average Bonchev–Trinajstić information content (AvgIpc) is 2.26. The van der Waals surface area contributed by atoms with Crippen molar-refractivity contribution in [3.8, 4) is 0 Å². The highest BCUT2D eigenvalue weighted by atomic mass is 35.5. The summed E-state index contributed by atoms with van der Waals surface area (Å²) < 4.78 is 0. The van der Waals surface area contributed by atoms with Crippen molar-refractivity contribution in [3.63, 3.8) is 0 Å². The molecule has 0 fully saturated rings. The Balaban J connectivity index is 2.44. The van der Waals surface area contributed by atoms with Gasteiger partial charge in [0.2, 0.25) is 0 Å². The second kappa shape index (κ2) is 3.58. The van der Waals surface area contributed by atoms with Crippen LogP contribution >= 0.6 is 23.2 Å². The molecule has 3 aromatic rings. The van der Waals surface area contributed by atoms with Gasteiger partial charge in [0.25, 0.3) is 0 Å². The van der Waals surface area contributed by atoms with E-state index in [9.17, 15) is 0 Å². The summed E-state index contributed by atoms with van der Waals surface area (Å²) in [6, 6.07) is 10.9. The summed E-state index contributed by atoms with van der Waals surface area (Å²) in [7, 11) is 0. The molecule has 78 valence electrons. The van der Waals surface area contributed by atoms with Crippen molar-refractivity contribution in [1.29, 1.82) is 0 Å². The second-order valence-corrected chi connectivity index (χ2v) is 4.36. The normalized spacial score (nSPS) is 11.1. The minimum atomic E-state index is 0.656. The summed E-state index contributed by atoms with van der Waals surface area (Å²) in [6.07, 6.45) is 0. The van der Waals surface area contributed by atoms with Gasteiger partial charge in [-0.15, -0.1) is 0 Å². The van der Waals surface area contributed by atoms with Gasteiger partial charge in [-0.05, 0) is 36.4 Å². The molecule has 16 heavy (non-hydrogen) atoms. The van der Waals surface area contributed by atoms with Gasteiger partial charge in [-0.1, -0.05) is 23.2 Å². The summed E-state index contributed by atoms with van der Waals surface area (Å²) in [5.41, 5.74) is 3.22. The molecule has 0 saturated carbocycles. The molecule has 0 spiro atoms. The minimum absolute atomic E-state index is 0.656. The van der Waals surface area contributed by atoms with E-state index >= 15 is 0 Å². The van der Waals surface area contributed by atoms with Crippen LogP contribution in [0, 0.1) is 0 Å². The molecule has 0 radical (unpaired) electrons. The van der Waals surface area contributed by atoms with Crippen molar-refractivity contribution < 1.29 is 0 Å². The van der Waals surface area contributed by atoms with E-state index in [-0.39, 0.29) is 0 Å². The Morgan fingerprint density at radius 3 is 1.56 bits per heavy atom. The van der Waals surface area contributed by atoms with Gasteiger partial charge in [-0.25, -0.2) is 9.97 Å². The average molecular weight is 249 g/mol. The number of benzene rings is 2. The molecule has 0 saturated heterocycles. The SMILES string of the molecule is Clc1ccc2nc3ccc(Cl)cc3nc2c1. The molecule has 2 aromatic carbocycles. The van der Waals surface area contributed by atoms with Gasteiger partial charge in [0.1, 0.15) is 0 Å². The molecule has 1 heterocycles.